The van der Waals surface area contributed by atoms with Gasteiger partial charge in [-0.1, -0.05) is 323 Å². The molecule has 0 aromatic heterocycles. The molecule has 80 heavy (non-hydrogen) atoms. The van der Waals surface area contributed by atoms with Crippen LogP contribution in [0, 0.1) is 0 Å². The molecular weight excluding hydrogens is 985 g/mol. The molecule has 0 radical (unpaired) electrons. The topological polar surface area (TPSA) is 78.9 Å². The van der Waals surface area contributed by atoms with Crippen LogP contribution in [-0.4, -0.2) is 37.2 Å². The zero-order valence-corrected chi connectivity index (χ0v) is 52.6. The summed E-state index contributed by atoms with van der Waals surface area (Å²) in [5.74, 6) is -1.01. The Bertz CT molecular complexity index is 1610. The van der Waals surface area contributed by atoms with Crippen molar-refractivity contribution in [3.63, 3.8) is 0 Å². The van der Waals surface area contributed by atoms with E-state index in [0.29, 0.717) is 19.3 Å². The molecule has 0 aliphatic rings. The number of rotatable bonds is 61. The predicted molar refractivity (Wildman–Crippen MR) is 348 cm³/mol. The van der Waals surface area contributed by atoms with Gasteiger partial charge < -0.3 is 14.2 Å². The lowest BCUT2D eigenvalue weighted by atomic mass is 10.0. The minimum absolute atomic E-state index is 0.113. The van der Waals surface area contributed by atoms with Gasteiger partial charge in [-0.15, -0.1) is 0 Å². The fourth-order valence-electron chi connectivity index (χ4n) is 9.55. The summed E-state index contributed by atoms with van der Waals surface area (Å²) >= 11 is 0. The van der Waals surface area contributed by atoms with Gasteiger partial charge in [0.1, 0.15) is 13.2 Å². The molecule has 0 N–H and O–H groups in total. The number of hydrogen-bond donors (Lipinski definition) is 0. The van der Waals surface area contributed by atoms with Crippen molar-refractivity contribution in [2.45, 2.75) is 329 Å². The molecule has 6 nitrogen and oxygen atoms in total. The van der Waals surface area contributed by atoms with Crippen LogP contribution in [0.4, 0.5) is 0 Å². The number of allylic oxidation sites excluding steroid dienone is 18. The van der Waals surface area contributed by atoms with Crippen molar-refractivity contribution in [3.05, 3.63) is 109 Å². The summed E-state index contributed by atoms with van der Waals surface area (Å²) in [6, 6.07) is 0. The molecule has 6 heteroatoms. The van der Waals surface area contributed by atoms with Crippen LogP contribution >= 0.6 is 0 Å². The average molecular weight is 1110 g/mol. The van der Waals surface area contributed by atoms with Gasteiger partial charge in [0.2, 0.25) is 0 Å². The summed E-state index contributed by atoms with van der Waals surface area (Å²) in [5.41, 5.74) is 0. The maximum absolute atomic E-state index is 12.9. The second-order valence-electron chi connectivity index (χ2n) is 22.3. The molecule has 458 valence electrons. The van der Waals surface area contributed by atoms with E-state index in [9.17, 15) is 14.4 Å². The molecule has 0 spiro atoms. The van der Waals surface area contributed by atoms with Gasteiger partial charge in [-0.2, -0.15) is 0 Å². The zero-order chi connectivity index (χ0) is 57.8. The SMILES string of the molecule is CC/C=C\C/C=C\C/C=C\C/C=C\C/C=C\C/C=C\CCC(=O)OC(COC(=O)CCCCCCC/C=C\C/C=C\C/C=C\CC)COC(=O)CCCCCCCCCCCCCCCCCCCCCCCCCCCCCC. The van der Waals surface area contributed by atoms with Gasteiger partial charge >= 0.3 is 17.9 Å². The first-order valence-corrected chi connectivity index (χ1v) is 33.9. The maximum atomic E-state index is 12.9. The standard InChI is InChI=1S/C74H126O6/c1-4-7-10-13-16-19-22-25-28-30-32-33-34-35-36-37-38-39-40-42-43-46-49-52-55-58-61-64-67-73(76)79-70-71(69-78-72(75)66-63-60-57-54-51-48-45-27-24-21-18-15-12-9-6-3)80-74(77)68-65-62-59-56-53-50-47-44-41-31-29-26-23-20-17-14-11-8-5-2/h8-9,11-12,17-18,20-21,26-27,29,41,44-45,50,53,59,62,71H,4-7,10,13-16,19,22-25,28,30-40,42-43,46-49,51-52,54-58,60-61,63-70H2,1-3H3/b11-8-,12-9-,20-17-,21-18-,29-26-,44-41-,45-27-,53-50-,62-59-. The molecule has 0 saturated carbocycles. The Morgan fingerprint density at radius 2 is 0.512 bits per heavy atom. The van der Waals surface area contributed by atoms with Crippen molar-refractivity contribution >= 4 is 17.9 Å². The van der Waals surface area contributed by atoms with Crippen molar-refractivity contribution in [1.29, 1.82) is 0 Å². The Hall–Kier alpha value is -3.93. The zero-order valence-electron chi connectivity index (χ0n) is 52.6. The maximum Gasteiger partial charge on any atom is 0.306 e. The van der Waals surface area contributed by atoms with Gasteiger partial charge in [0, 0.05) is 19.3 Å². The van der Waals surface area contributed by atoms with Crippen LogP contribution in [0.3, 0.4) is 0 Å². The van der Waals surface area contributed by atoms with Gasteiger partial charge in [0.15, 0.2) is 6.10 Å². The quantitative estimate of drug-likeness (QED) is 0.0261. The second-order valence-corrected chi connectivity index (χ2v) is 22.3. The van der Waals surface area contributed by atoms with E-state index >= 15 is 0 Å². The van der Waals surface area contributed by atoms with Crippen molar-refractivity contribution in [1.82, 2.24) is 0 Å². The van der Waals surface area contributed by atoms with Crippen LogP contribution in [0.25, 0.3) is 0 Å². The Morgan fingerprint density at radius 1 is 0.263 bits per heavy atom. The van der Waals surface area contributed by atoms with Crippen LogP contribution < -0.4 is 0 Å². The first-order valence-electron chi connectivity index (χ1n) is 33.9. The molecule has 1 atom stereocenters. The molecule has 1 unspecified atom stereocenters. The first-order chi connectivity index (χ1) is 39.5. The third-order valence-corrected chi connectivity index (χ3v) is 14.5. The Kier molecular flexibility index (Phi) is 64.3. The van der Waals surface area contributed by atoms with Crippen LogP contribution in [0.15, 0.2) is 109 Å². The Labute approximate surface area is 495 Å². The molecule has 0 amide bonds. The minimum atomic E-state index is -0.828. The van der Waals surface area contributed by atoms with Crippen LogP contribution in [-0.2, 0) is 28.6 Å². The molecule has 0 aliphatic carbocycles. The van der Waals surface area contributed by atoms with Gasteiger partial charge in [-0.3, -0.25) is 14.4 Å². The fourth-order valence-corrected chi connectivity index (χ4v) is 9.55. The third kappa shape index (κ3) is 64.9. The normalized spacial score (nSPS) is 12.8. The van der Waals surface area contributed by atoms with E-state index in [1.54, 1.807) is 0 Å². The summed E-state index contributed by atoms with van der Waals surface area (Å²) in [6.45, 7) is 6.37. The highest BCUT2D eigenvalue weighted by molar-refractivity contribution is 5.71. The van der Waals surface area contributed by atoms with Gasteiger partial charge in [0.25, 0.3) is 0 Å². The molecule has 0 rings (SSSR count). The van der Waals surface area contributed by atoms with E-state index < -0.39 is 12.1 Å². The van der Waals surface area contributed by atoms with Crippen LogP contribution in [0.5, 0.6) is 0 Å². The summed E-state index contributed by atoms with van der Waals surface area (Å²) < 4.78 is 16.9. The largest absolute Gasteiger partial charge is 0.462 e. The number of esters is 3. The molecular formula is C74H126O6. The number of hydrogen-bond acceptors (Lipinski definition) is 6. The van der Waals surface area contributed by atoms with E-state index in [1.165, 1.54) is 161 Å². The molecule has 0 aliphatic heterocycles. The molecule has 0 heterocycles. The highest BCUT2D eigenvalue weighted by atomic mass is 16.6. The second kappa shape index (κ2) is 67.6. The van der Waals surface area contributed by atoms with Crippen molar-refractivity contribution in [3.8, 4) is 0 Å². The van der Waals surface area contributed by atoms with Crippen LogP contribution in [0.1, 0.15) is 323 Å². The molecule has 0 bridgehead atoms. The molecule has 0 saturated heterocycles. The number of unbranched alkanes of at least 4 members (excludes halogenated alkanes) is 32. The van der Waals surface area contributed by atoms with E-state index in [2.05, 4.69) is 124 Å². The van der Waals surface area contributed by atoms with E-state index in [0.717, 1.165) is 116 Å². The lowest BCUT2D eigenvalue weighted by Gasteiger charge is -2.18. The summed E-state index contributed by atoms with van der Waals surface area (Å²) in [7, 11) is 0. The molecule has 0 aromatic carbocycles. The Balaban J connectivity index is 4.35. The Morgan fingerprint density at radius 3 is 0.812 bits per heavy atom. The monoisotopic (exact) mass is 1110 g/mol. The number of ether oxygens (including phenoxy) is 3. The predicted octanol–water partition coefficient (Wildman–Crippen LogP) is 23.4. The highest BCUT2D eigenvalue weighted by Gasteiger charge is 2.19. The average Bonchev–Trinajstić information content (AvgIpc) is 3.46. The number of carbonyl (C=O) groups excluding carboxylic acids is 3. The van der Waals surface area contributed by atoms with Crippen LogP contribution in [0.2, 0.25) is 0 Å². The van der Waals surface area contributed by atoms with E-state index in [4.69, 9.17) is 14.2 Å². The van der Waals surface area contributed by atoms with E-state index in [-0.39, 0.29) is 31.6 Å². The number of carbonyl (C=O) groups is 3. The highest BCUT2D eigenvalue weighted by Crippen LogP contribution is 2.17. The third-order valence-electron chi connectivity index (χ3n) is 14.5. The smallest absolute Gasteiger partial charge is 0.306 e. The van der Waals surface area contributed by atoms with Gasteiger partial charge in [-0.05, 0) is 89.9 Å². The first kappa shape index (κ1) is 76.1. The minimum Gasteiger partial charge on any atom is -0.462 e. The summed E-state index contributed by atoms with van der Waals surface area (Å²) in [6.07, 6.45) is 92.8. The van der Waals surface area contributed by atoms with Gasteiger partial charge in [0.05, 0.1) is 0 Å². The van der Waals surface area contributed by atoms with Crippen molar-refractivity contribution in [2.75, 3.05) is 13.2 Å². The lowest BCUT2D eigenvalue weighted by Crippen LogP contribution is -2.30. The lowest BCUT2D eigenvalue weighted by molar-refractivity contribution is -0.166. The summed E-state index contributed by atoms with van der Waals surface area (Å²) in [4.78, 5) is 38.3. The fraction of sp³-hybridized carbons (Fsp3) is 0.716. The summed E-state index contributed by atoms with van der Waals surface area (Å²) in [5, 5.41) is 0. The molecule has 0 aromatic rings. The van der Waals surface area contributed by atoms with Crippen molar-refractivity contribution in [2.24, 2.45) is 0 Å². The van der Waals surface area contributed by atoms with E-state index in [1.807, 2.05) is 6.08 Å². The van der Waals surface area contributed by atoms with Gasteiger partial charge in [-0.25, -0.2) is 0 Å². The molecule has 0 fully saturated rings. The van der Waals surface area contributed by atoms with Crippen molar-refractivity contribution < 1.29 is 28.6 Å².